The zero-order chi connectivity index (χ0) is 17.1. The summed E-state index contributed by atoms with van der Waals surface area (Å²) in [5.74, 6) is 4.00. The molecule has 23 heavy (non-hydrogen) atoms. The molecule has 0 fully saturated rings. The van der Waals surface area contributed by atoms with Crippen LogP contribution >= 0.6 is 0 Å². The maximum Gasteiger partial charge on any atom is -0.0171 e. The highest BCUT2D eigenvalue weighted by atomic mass is 14.2. The molecule has 0 aliphatic heterocycles. The largest absolute Gasteiger partial charge is 0.0880 e. The van der Waals surface area contributed by atoms with Gasteiger partial charge in [-0.2, -0.15) is 0 Å². The van der Waals surface area contributed by atoms with E-state index in [0.29, 0.717) is 0 Å². The van der Waals surface area contributed by atoms with Crippen LogP contribution in [0.15, 0.2) is 24.3 Å². The van der Waals surface area contributed by atoms with E-state index in [9.17, 15) is 0 Å². The number of unbranched alkanes of at least 4 members (excludes halogenated alkanes) is 2. The van der Waals surface area contributed by atoms with Gasteiger partial charge in [0.1, 0.15) is 0 Å². The van der Waals surface area contributed by atoms with Crippen molar-refractivity contribution in [1.82, 2.24) is 0 Å². The lowest BCUT2D eigenvalue weighted by Gasteiger charge is -2.21. The second-order valence-corrected chi connectivity index (χ2v) is 8.33. The van der Waals surface area contributed by atoms with Crippen LogP contribution in [0.3, 0.4) is 0 Å². The highest BCUT2D eigenvalue weighted by Crippen LogP contribution is 2.32. The van der Waals surface area contributed by atoms with Crippen LogP contribution in [0.2, 0.25) is 0 Å². The Morgan fingerprint density at radius 1 is 1.04 bits per heavy atom. The molecule has 1 aliphatic rings. The molecule has 0 saturated heterocycles. The standard InChI is InChI=1S/C23H42/c1-6-8-9-11-21-12-10-13-23(17-15-21)22(7-2)16-14-20(5)18-19(3)4/h10,13-14,16,19-23H,6-9,11-12,15,17-18H2,1-5H3/b16-14-. The predicted octanol–water partition coefficient (Wildman–Crippen LogP) is 7.80. The van der Waals surface area contributed by atoms with Crippen molar-refractivity contribution < 1.29 is 0 Å². The van der Waals surface area contributed by atoms with Crippen LogP contribution in [-0.2, 0) is 0 Å². The molecular formula is C23H42. The molecule has 0 aromatic heterocycles. The third-order valence-electron chi connectivity index (χ3n) is 5.53. The summed E-state index contributed by atoms with van der Waals surface area (Å²) < 4.78 is 0. The highest BCUT2D eigenvalue weighted by Gasteiger charge is 2.20. The zero-order valence-corrected chi connectivity index (χ0v) is 16.6. The van der Waals surface area contributed by atoms with Gasteiger partial charge in [-0.1, -0.05) is 84.6 Å². The van der Waals surface area contributed by atoms with E-state index in [1.54, 1.807) is 0 Å². The van der Waals surface area contributed by atoms with Gasteiger partial charge in [-0.15, -0.1) is 0 Å². The first-order valence-electron chi connectivity index (χ1n) is 10.4. The van der Waals surface area contributed by atoms with Gasteiger partial charge in [-0.05, 0) is 61.7 Å². The summed E-state index contributed by atoms with van der Waals surface area (Å²) in [4.78, 5) is 0. The first kappa shape index (κ1) is 20.5. The van der Waals surface area contributed by atoms with Gasteiger partial charge in [0, 0.05) is 0 Å². The highest BCUT2D eigenvalue weighted by molar-refractivity contribution is 5.02. The van der Waals surface area contributed by atoms with Gasteiger partial charge < -0.3 is 0 Å². The summed E-state index contributed by atoms with van der Waals surface area (Å²) in [6.45, 7) is 11.7. The molecular weight excluding hydrogens is 276 g/mol. The number of allylic oxidation sites excluding steroid dienone is 4. The first-order chi connectivity index (χ1) is 11.1. The van der Waals surface area contributed by atoms with Crippen LogP contribution in [0.4, 0.5) is 0 Å². The topological polar surface area (TPSA) is 0 Å². The van der Waals surface area contributed by atoms with Gasteiger partial charge in [0.15, 0.2) is 0 Å². The van der Waals surface area contributed by atoms with Gasteiger partial charge >= 0.3 is 0 Å². The molecule has 1 rings (SSSR count). The summed E-state index contributed by atoms with van der Waals surface area (Å²) in [7, 11) is 0. The van der Waals surface area contributed by atoms with Crippen LogP contribution in [0.1, 0.15) is 92.4 Å². The minimum Gasteiger partial charge on any atom is -0.0880 e. The SMILES string of the molecule is CCCCCC1CC=CC(C(/C=C\C(C)CC(C)C)CC)CC1. The second-order valence-electron chi connectivity index (χ2n) is 8.33. The quantitative estimate of drug-likeness (QED) is 0.284. The molecule has 1 aliphatic carbocycles. The Morgan fingerprint density at radius 2 is 1.83 bits per heavy atom. The lowest BCUT2D eigenvalue weighted by atomic mass is 9.84. The monoisotopic (exact) mass is 318 g/mol. The molecule has 0 heterocycles. The molecule has 0 heteroatoms. The summed E-state index contributed by atoms with van der Waals surface area (Å²) >= 11 is 0. The lowest BCUT2D eigenvalue weighted by Crippen LogP contribution is -2.11. The Balaban J connectivity index is 2.47. The van der Waals surface area contributed by atoms with Crippen molar-refractivity contribution in [2.45, 2.75) is 92.4 Å². The van der Waals surface area contributed by atoms with E-state index >= 15 is 0 Å². The molecule has 0 N–H and O–H groups in total. The molecule has 0 aromatic carbocycles. The molecule has 0 nitrogen and oxygen atoms in total. The molecule has 0 radical (unpaired) electrons. The van der Waals surface area contributed by atoms with E-state index in [-0.39, 0.29) is 0 Å². The third-order valence-corrected chi connectivity index (χ3v) is 5.53. The second kappa shape index (κ2) is 11.9. The smallest absolute Gasteiger partial charge is 0.0171 e. The van der Waals surface area contributed by atoms with Crippen molar-refractivity contribution in [1.29, 1.82) is 0 Å². The molecule has 134 valence electrons. The van der Waals surface area contributed by atoms with Gasteiger partial charge in [0.05, 0.1) is 0 Å². The van der Waals surface area contributed by atoms with Crippen molar-refractivity contribution in [3.05, 3.63) is 24.3 Å². The van der Waals surface area contributed by atoms with Crippen molar-refractivity contribution >= 4 is 0 Å². The van der Waals surface area contributed by atoms with Crippen LogP contribution in [0.25, 0.3) is 0 Å². The normalized spacial score (nSPS) is 25.0. The minimum atomic E-state index is 0.723. The van der Waals surface area contributed by atoms with E-state index in [1.807, 2.05) is 0 Å². The van der Waals surface area contributed by atoms with Crippen LogP contribution in [-0.4, -0.2) is 0 Å². The number of hydrogen-bond acceptors (Lipinski definition) is 0. The average Bonchev–Trinajstić information content (AvgIpc) is 2.73. The Kier molecular flexibility index (Phi) is 10.6. The predicted molar refractivity (Wildman–Crippen MR) is 106 cm³/mol. The Bertz CT molecular complexity index is 336. The fourth-order valence-electron chi connectivity index (χ4n) is 4.13. The maximum atomic E-state index is 2.55. The Labute approximate surface area is 146 Å². The van der Waals surface area contributed by atoms with E-state index < -0.39 is 0 Å². The summed E-state index contributed by atoms with van der Waals surface area (Å²) in [5, 5.41) is 0. The number of hydrogen-bond donors (Lipinski definition) is 0. The van der Waals surface area contributed by atoms with Gasteiger partial charge in [-0.3, -0.25) is 0 Å². The summed E-state index contributed by atoms with van der Waals surface area (Å²) in [6, 6.07) is 0. The van der Waals surface area contributed by atoms with Crippen molar-refractivity contribution in [3.63, 3.8) is 0 Å². The summed E-state index contributed by atoms with van der Waals surface area (Å²) in [6.07, 6.45) is 22.5. The molecule has 4 atom stereocenters. The van der Waals surface area contributed by atoms with E-state index in [0.717, 1.165) is 29.6 Å². The van der Waals surface area contributed by atoms with Crippen molar-refractivity contribution in [2.75, 3.05) is 0 Å². The van der Waals surface area contributed by atoms with Gasteiger partial charge in [0.2, 0.25) is 0 Å². The molecule has 4 unspecified atom stereocenters. The average molecular weight is 319 g/mol. The molecule has 0 spiro atoms. The fourth-order valence-corrected chi connectivity index (χ4v) is 4.13. The molecule has 0 aromatic rings. The molecule has 0 saturated carbocycles. The number of rotatable bonds is 10. The Morgan fingerprint density at radius 3 is 2.48 bits per heavy atom. The Hall–Kier alpha value is -0.520. The van der Waals surface area contributed by atoms with Crippen molar-refractivity contribution in [3.8, 4) is 0 Å². The first-order valence-corrected chi connectivity index (χ1v) is 10.4. The van der Waals surface area contributed by atoms with E-state index in [1.165, 1.54) is 57.8 Å². The maximum absolute atomic E-state index is 2.55. The van der Waals surface area contributed by atoms with E-state index in [2.05, 4.69) is 58.9 Å². The fraction of sp³-hybridized carbons (Fsp3) is 0.826. The molecule has 0 bridgehead atoms. The zero-order valence-electron chi connectivity index (χ0n) is 16.6. The van der Waals surface area contributed by atoms with Gasteiger partial charge in [0.25, 0.3) is 0 Å². The summed E-state index contributed by atoms with van der Waals surface area (Å²) in [5.41, 5.74) is 0. The van der Waals surface area contributed by atoms with Crippen LogP contribution in [0.5, 0.6) is 0 Å². The minimum absolute atomic E-state index is 0.723. The van der Waals surface area contributed by atoms with Crippen LogP contribution in [0, 0.1) is 29.6 Å². The lowest BCUT2D eigenvalue weighted by molar-refractivity contribution is 0.366. The van der Waals surface area contributed by atoms with Crippen molar-refractivity contribution in [2.24, 2.45) is 29.6 Å². The van der Waals surface area contributed by atoms with Crippen LogP contribution < -0.4 is 0 Å². The van der Waals surface area contributed by atoms with Gasteiger partial charge in [-0.25, -0.2) is 0 Å². The third kappa shape index (κ3) is 8.77. The van der Waals surface area contributed by atoms with E-state index in [4.69, 9.17) is 0 Å². The molecule has 0 amide bonds.